The Balaban J connectivity index is 2.02. The monoisotopic (exact) mass is 399 g/mol. The van der Waals surface area contributed by atoms with Gasteiger partial charge in [0.15, 0.2) is 0 Å². The van der Waals surface area contributed by atoms with Crippen LogP contribution in [0.4, 0.5) is 5.69 Å². The first-order chi connectivity index (χ1) is 9.08. The molecule has 0 aliphatic carbocycles. The fourth-order valence-electron chi connectivity index (χ4n) is 2.01. The molecule has 1 aliphatic heterocycles. The average molecular weight is 401 g/mol. The molecule has 0 N–H and O–H groups in total. The third kappa shape index (κ3) is 2.17. The first kappa shape index (κ1) is 13.0. The van der Waals surface area contributed by atoms with Crippen LogP contribution >= 0.6 is 43.2 Å². The molecule has 1 aliphatic rings. The van der Waals surface area contributed by atoms with Crippen LogP contribution in [0, 0.1) is 0 Å². The number of thiophene rings is 1. The quantitative estimate of drug-likeness (QED) is 0.714. The number of amides is 1. The summed E-state index contributed by atoms with van der Waals surface area (Å²) in [6.07, 6.45) is 0. The van der Waals surface area contributed by atoms with Gasteiger partial charge < -0.3 is 0 Å². The van der Waals surface area contributed by atoms with Gasteiger partial charge in [0.2, 0.25) is 0 Å². The Labute approximate surface area is 130 Å². The highest BCUT2D eigenvalue weighted by atomic mass is 79.9. The Morgan fingerprint density at radius 3 is 2.63 bits per heavy atom. The van der Waals surface area contributed by atoms with Crippen LogP contribution < -0.4 is 4.90 Å². The van der Waals surface area contributed by atoms with E-state index >= 15 is 0 Å². The summed E-state index contributed by atoms with van der Waals surface area (Å²) in [5.41, 5.74) is 1.14. The van der Waals surface area contributed by atoms with Crippen molar-refractivity contribution in [3.8, 4) is 0 Å². The predicted molar refractivity (Wildman–Crippen MR) is 81.7 cm³/mol. The fourth-order valence-corrected chi connectivity index (χ4v) is 3.84. The first-order valence-corrected chi connectivity index (χ1v) is 7.92. The number of hydrogen-bond acceptors (Lipinski definition) is 3. The number of benzene rings is 1. The molecule has 1 aromatic heterocycles. The van der Waals surface area contributed by atoms with Crippen LogP contribution in [0.1, 0.15) is 15.2 Å². The fraction of sp³-hybridized carbons (Fsp3) is 0.0769. The van der Waals surface area contributed by atoms with Crippen LogP contribution in [-0.2, 0) is 11.3 Å². The summed E-state index contributed by atoms with van der Waals surface area (Å²) < 4.78 is 1.76. The highest BCUT2D eigenvalue weighted by Gasteiger charge is 2.36. The van der Waals surface area contributed by atoms with Crippen LogP contribution in [0.5, 0.6) is 0 Å². The molecule has 0 fully saturated rings. The molecule has 19 heavy (non-hydrogen) atoms. The van der Waals surface area contributed by atoms with E-state index in [9.17, 15) is 9.59 Å². The summed E-state index contributed by atoms with van der Waals surface area (Å²) >= 11 is 8.31. The van der Waals surface area contributed by atoms with Crippen molar-refractivity contribution in [1.29, 1.82) is 0 Å². The van der Waals surface area contributed by atoms with Gasteiger partial charge in [0, 0.05) is 13.8 Å². The topological polar surface area (TPSA) is 37.4 Å². The number of fused-ring (bicyclic) bond motifs is 1. The zero-order valence-corrected chi connectivity index (χ0v) is 13.5. The van der Waals surface area contributed by atoms with Gasteiger partial charge in [-0.1, -0.05) is 15.9 Å². The normalized spacial score (nSPS) is 14.1. The van der Waals surface area contributed by atoms with Gasteiger partial charge in [0.05, 0.1) is 17.8 Å². The van der Waals surface area contributed by atoms with Crippen molar-refractivity contribution in [2.75, 3.05) is 4.90 Å². The number of carbonyl (C=O) groups is 2. The predicted octanol–water partition coefficient (Wildman–Crippen LogP) is 4.00. The molecule has 1 amide bonds. The maximum absolute atomic E-state index is 12.1. The SMILES string of the molecule is O=C1C(=O)N(Cc2sccc2Br)c2ccc(Br)cc21. The average Bonchev–Trinajstić information content (AvgIpc) is 2.88. The van der Waals surface area contributed by atoms with Gasteiger partial charge in [0.25, 0.3) is 11.7 Å². The third-order valence-corrected chi connectivity index (χ3v) is 5.33. The molecule has 0 saturated carbocycles. The largest absolute Gasteiger partial charge is 0.299 e. The summed E-state index contributed by atoms with van der Waals surface area (Å²) in [5.74, 6) is -0.905. The molecule has 0 spiro atoms. The molecule has 0 bridgehead atoms. The summed E-state index contributed by atoms with van der Waals surface area (Å²) in [4.78, 5) is 26.6. The van der Waals surface area contributed by atoms with E-state index in [2.05, 4.69) is 31.9 Å². The van der Waals surface area contributed by atoms with Crippen LogP contribution in [0.15, 0.2) is 38.6 Å². The Hall–Kier alpha value is -0.980. The molecule has 0 unspecified atom stereocenters. The second kappa shape index (κ2) is 4.85. The van der Waals surface area contributed by atoms with Gasteiger partial charge in [-0.3, -0.25) is 14.5 Å². The van der Waals surface area contributed by atoms with Crippen LogP contribution in [0.2, 0.25) is 0 Å². The van der Waals surface area contributed by atoms with Crippen molar-refractivity contribution >= 4 is 60.6 Å². The van der Waals surface area contributed by atoms with Crippen molar-refractivity contribution < 1.29 is 9.59 Å². The van der Waals surface area contributed by atoms with E-state index in [0.29, 0.717) is 17.8 Å². The molecular formula is C13H7Br2NO2S. The first-order valence-electron chi connectivity index (χ1n) is 5.45. The molecule has 3 nitrogen and oxygen atoms in total. The number of halogens is 2. The van der Waals surface area contributed by atoms with Crippen LogP contribution in [0.25, 0.3) is 0 Å². The molecule has 0 radical (unpaired) electrons. The highest BCUT2D eigenvalue weighted by molar-refractivity contribution is 9.10. The number of Topliss-reactive ketones (excluding diaryl/α,β-unsaturated/α-hetero) is 1. The summed E-state index contributed by atoms with van der Waals surface area (Å²) in [5, 5.41) is 1.95. The Kier molecular flexibility index (Phi) is 3.32. The molecule has 6 heteroatoms. The lowest BCUT2D eigenvalue weighted by molar-refractivity contribution is -0.114. The van der Waals surface area contributed by atoms with Gasteiger partial charge >= 0.3 is 0 Å². The van der Waals surface area contributed by atoms with Crippen LogP contribution in [0.3, 0.4) is 0 Å². The number of nitrogens with zero attached hydrogens (tertiary/aromatic N) is 1. The second-order valence-corrected chi connectivity index (χ2v) is 6.84. The number of carbonyl (C=O) groups excluding carboxylic acids is 2. The minimum atomic E-state index is -0.464. The lowest BCUT2D eigenvalue weighted by Crippen LogP contribution is -2.28. The van der Waals surface area contributed by atoms with Crippen molar-refractivity contribution in [2.24, 2.45) is 0 Å². The highest BCUT2D eigenvalue weighted by Crippen LogP contribution is 2.34. The van der Waals surface area contributed by atoms with E-state index in [1.165, 1.54) is 4.90 Å². The zero-order valence-electron chi connectivity index (χ0n) is 9.52. The third-order valence-electron chi connectivity index (χ3n) is 2.93. The van der Waals surface area contributed by atoms with E-state index < -0.39 is 11.7 Å². The van der Waals surface area contributed by atoms with Crippen molar-refractivity contribution in [3.63, 3.8) is 0 Å². The van der Waals surface area contributed by atoms with Gasteiger partial charge in [-0.2, -0.15) is 0 Å². The molecular weight excluding hydrogens is 394 g/mol. The van der Waals surface area contributed by atoms with E-state index in [0.717, 1.165) is 13.8 Å². The zero-order chi connectivity index (χ0) is 13.6. The maximum atomic E-state index is 12.1. The van der Waals surface area contributed by atoms with Gasteiger partial charge in [-0.05, 0) is 45.6 Å². The van der Waals surface area contributed by atoms with E-state index in [1.807, 2.05) is 17.5 Å². The molecule has 96 valence electrons. The number of hydrogen-bond donors (Lipinski definition) is 0. The van der Waals surface area contributed by atoms with Gasteiger partial charge in [-0.15, -0.1) is 11.3 Å². The molecule has 2 heterocycles. The van der Waals surface area contributed by atoms with E-state index in [1.54, 1.807) is 23.5 Å². The minimum absolute atomic E-state index is 0.414. The van der Waals surface area contributed by atoms with Gasteiger partial charge in [0.1, 0.15) is 0 Å². The number of anilines is 1. The Bertz CT molecular complexity index is 696. The molecule has 0 atom stereocenters. The Morgan fingerprint density at radius 1 is 1.16 bits per heavy atom. The van der Waals surface area contributed by atoms with Crippen molar-refractivity contribution in [1.82, 2.24) is 0 Å². The molecule has 0 saturated heterocycles. The maximum Gasteiger partial charge on any atom is 0.299 e. The van der Waals surface area contributed by atoms with Gasteiger partial charge in [-0.25, -0.2) is 0 Å². The van der Waals surface area contributed by atoms with E-state index in [-0.39, 0.29) is 0 Å². The van der Waals surface area contributed by atoms with Crippen molar-refractivity contribution in [2.45, 2.75) is 6.54 Å². The van der Waals surface area contributed by atoms with Crippen LogP contribution in [-0.4, -0.2) is 11.7 Å². The van der Waals surface area contributed by atoms with Crippen molar-refractivity contribution in [3.05, 3.63) is 49.0 Å². The number of rotatable bonds is 2. The molecule has 3 rings (SSSR count). The lowest BCUT2D eigenvalue weighted by Gasteiger charge is -2.15. The second-order valence-electron chi connectivity index (χ2n) is 4.07. The summed E-state index contributed by atoms with van der Waals surface area (Å²) in [6, 6.07) is 7.26. The van der Waals surface area contributed by atoms with E-state index in [4.69, 9.17) is 0 Å². The lowest BCUT2D eigenvalue weighted by atomic mass is 10.1. The smallest absolute Gasteiger partial charge is 0.299 e. The standard InChI is InChI=1S/C13H7Br2NO2S/c14-7-1-2-10-8(5-7)12(17)13(18)16(10)6-11-9(15)3-4-19-11/h1-5H,6H2. The number of ketones is 1. The summed E-state index contributed by atoms with van der Waals surface area (Å²) in [7, 11) is 0. The molecule has 1 aromatic carbocycles. The molecule has 2 aromatic rings. The minimum Gasteiger partial charge on any atom is -0.299 e. The summed E-state index contributed by atoms with van der Waals surface area (Å²) in [6.45, 7) is 0.414. The Morgan fingerprint density at radius 2 is 1.95 bits per heavy atom.